The fourth-order valence-corrected chi connectivity index (χ4v) is 3.25. The van der Waals surface area contributed by atoms with E-state index in [1.807, 2.05) is 0 Å². The molecule has 0 spiro atoms. The molecule has 90 valence electrons. The number of likely N-dealkylation sites (tertiary alicyclic amines) is 1. The zero-order valence-corrected chi connectivity index (χ0v) is 11.1. The highest BCUT2D eigenvalue weighted by Gasteiger charge is 2.38. The second-order valence-electron chi connectivity index (χ2n) is 6.11. The van der Waals surface area contributed by atoms with Gasteiger partial charge in [0.25, 0.3) is 0 Å². The maximum atomic E-state index is 6.18. The van der Waals surface area contributed by atoms with Crippen LogP contribution in [-0.4, -0.2) is 29.6 Å². The molecule has 2 nitrogen and oxygen atoms in total. The van der Waals surface area contributed by atoms with Crippen LogP contribution in [0.25, 0.3) is 0 Å². The minimum absolute atomic E-state index is 0.261. The predicted octanol–water partition coefficient (Wildman–Crippen LogP) is 2.62. The fourth-order valence-electron chi connectivity index (χ4n) is 3.25. The van der Waals surface area contributed by atoms with Gasteiger partial charge >= 0.3 is 0 Å². The molecule has 1 saturated heterocycles. The lowest BCUT2D eigenvalue weighted by molar-refractivity contribution is 0.0695. The molecular formula is C13H28N2. The molecule has 3 atom stereocenters. The standard InChI is InChI=1S/C13H28N2/c1-6-11-8-7-9-15(11)12(10(2)14)13(3,4)5/h10-12H,6-9,14H2,1-5H3. The van der Waals surface area contributed by atoms with Gasteiger partial charge in [-0.15, -0.1) is 0 Å². The third-order valence-electron chi connectivity index (χ3n) is 3.64. The van der Waals surface area contributed by atoms with E-state index in [4.69, 9.17) is 5.73 Å². The monoisotopic (exact) mass is 212 g/mol. The molecule has 0 bridgehead atoms. The van der Waals surface area contributed by atoms with Gasteiger partial charge in [0.1, 0.15) is 0 Å². The van der Waals surface area contributed by atoms with E-state index < -0.39 is 0 Å². The molecule has 1 fully saturated rings. The van der Waals surface area contributed by atoms with Gasteiger partial charge in [-0.05, 0) is 38.1 Å². The molecule has 1 heterocycles. The van der Waals surface area contributed by atoms with Crippen molar-refractivity contribution < 1.29 is 0 Å². The molecule has 3 unspecified atom stereocenters. The van der Waals surface area contributed by atoms with Crippen LogP contribution in [0.1, 0.15) is 53.9 Å². The summed E-state index contributed by atoms with van der Waals surface area (Å²) in [6.45, 7) is 12.6. The van der Waals surface area contributed by atoms with Crippen molar-refractivity contribution in [2.75, 3.05) is 6.54 Å². The van der Waals surface area contributed by atoms with Gasteiger partial charge in [-0.1, -0.05) is 27.7 Å². The number of rotatable bonds is 3. The molecule has 2 heteroatoms. The summed E-state index contributed by atoms with van der Waals surface area (Å²) in [5.41, 5.74) is 6.46. The molecule has 1 aliphatic heterocycles. The van der Waals surface area contributed by atoms with E-state index in [1.165, 1.54) is 25.8 Å². The largest absolute Gasteiger partial charge is 0.327 e. The van der Waals surface area contributed by atoms with Crippen LogP contribution in [0.15, 0.2) is 0 Å². The van der Waals surface area contributed by atoms with E-state index in [1.54, 1.807) is 0 Å². The predicted molar refractivity (Wildman–Crippen MR) is 66.9 cm³/mol. The average molecular weight is 212 g/mol. The van der Waals surface area contributed by atoms with Crippen LogP contribution in [-0.2, 0) is 0 Å². The molecule has 15 heavy (non-hydrogen) atoms. The third kappa shape index (κ3) is 2.94. The Kier molecular flexibility index (Phi) is 4.19. The molecule has 0 aromatic heterocycles. The van der Waals surface area contributed by atoms with Crippen molar-refractivity contribution in [1.82, 2.24) is 4.90 Å². The topological polar surface area (TPSA) is 29.3 Å². The van der Waals surface area contributed by atoms with Gasteiger partial charge in [-0.25, -0.2) is 0 Å². The van der Waals surface area contributed by atoms with Gasteiger partial charge in [0.2, 0.25) is 0 Å². The summed E-state index contributed by atoms with van der Waals surface area (Å²) in [7, 11) is 0. The molecular weight excluding hydrogens is 184 g/mol. The van der Waals surface area contributed by atoms with E-state index in [2.05, 4.69) is 39.5 Å². The maximum absolute atomic E-state index is 6.18. The molecule has 0 radical (unpaired) electrons. The molecule has 0 aromatic rings. The van der Waals surface area contributed by atoms with Gasteiger partial charge in [0, 0.05) is 18.1 Å². The summed E-state index contributed by atoms with van der Waals surface area (Å²) in [5, 5.41) is 0. The van der Waals surface area contributed by atoms with E-state index >= 15 is 0 Å². The second kappa shape index (κ2) is 4.84. The van der Waals surface area contributed by atoms with Gasteiger partial charge in [-0.2, -0.15) is 0 Å². The lowest BCUT2D eigenvalue weighted by Gasteiger charge is -2.43. The van der Waals surface area contributed by atoms with Crippen LogP contribution in [0.3, 0.4) is 0 Å². The number of hydrogen-bond acceptors (Lipinski definition) is 2. The van der Waals surface area contributed by atoms with Crippen molar-refractivity contribution >= 4 is 0 Å². The Morgan fingerprint density at radius 3 is 2.40 bits per heavy atom. The summed E-state index contributed by atoms with van der Waals surface area (Å²) in [6, 6.07) is 1.54. The van der Waals surface area contributed by atoms with Crippen LogP contribution >= 0.6 is 0 Å². The van der Waals surface area contributed by atoms with Crippen LogP contribution in [0.4, 0.5) is 0 Å². The van der Waals surface area contributed by atoms with Crippen molar-refractivity contribution in [3.63, 3.8) is 0 Å². The summed E-state index contributed by atoms with van der Waals surface area (Å²) in [6.07, 6.45) is 3.97. The second-order valence-corrected chi connectivity index (χ2v) is 6.11. The highest BCUT2D eigenvalue weighted by atomic mass is 15.2. The van der Waals surface area contributed by atoms with Crippen molar-refractivity contribution in [2.24, 2.45) is 11.1 Å². The Bertz CT molecular complexity index is 193. The number of hydrogen-bond donors (Lipinski definition) is 1. The Labute approximate surface area is 95.2 Å². The summed E-state index contributed by atoms with van der Waals surface area (Å²) >= 11 is 0. The Hall–Kier alpha value is -0.0800. The minimum atomic E-state index is 0.261. The zero-order valence-electron chi connectivity index (χ0n) is 11.1. The SMILES string of the molecule is CCC1CCCN1C(C(C)N)C(C)(C)C. The Balaban J connectivity index is 2.80. The van der Waals surface area contributed by atoms with Gasteiger partial charge in [0.05, 0.1) is 0 Å². The first-order valence-electron chi connectivity index (χ1n) is 6.39. The lowest BCUT2D eigenvalue weighted by atomic mass is 9.81. The van der Waals surface area contributed by atoms with E-state index in [9.17, 15) is 0 Å². The summed E-state index contributed by atoms with van der Waals surface area (Å²) in [4.78, 5) is 2.66. The van der Waals surface area contributed by atoms with Crippen molar-refractivity contribution in [2.45, 2.75) is 72.0 Å². The van der Waals surface area contributed by atoms with Crippen molar-refractivity contribution in [3.8, 4) is 0 Å². The van der Waals surface area contributed by atoms with Crippen molar-refractivity contribution in [3.05, 3.63) is 0 Å². The van der Waals surface area contributed by atoms with Crippen LogP contribution in [0.2, 0.25) is 0 Å². The van der Waals surface area contributed by atoms with Crippen molar-refractivity contribution in [1.29, 1.82) is 0 Å². The molecule has 0 amide bonds. The first kappa shape index (κ1) is 13.0. The minimum Gasteiger partial charge on any atom is -0.327 e. The highest BCUT2D eigenvalue weighted by molar-refractivity contribution is 4.94. The Morgan fingerprint density at radius 2 is 2.00 bits per heavy atom. The number of nitrogens with two attached hydrogens (primary N) is 1. The molecule has 2 N–H and O–H groups in total. The zero-order chi connectivity index (χ0) is 11.6. The first-order valence-corrected chi connectivity index (χ1v) is 6.39. The molecule has 0 saturated carbocycles. The molecule has 0 aliphatic carbocycles. The fraction of sp³-hybridized carbons (Fsp3) is 1.00. The quantitative estimate of drug-likeness (QED) is 0.779. The van der Waals surface area contributed by atoms with Gasteiger partial charge < -0.3 is 5.73 Å². The third-order valence-corrected chi connectivity index (χ3v) is 3.64. The van der Waals surface area contributed by atoms with Crippen LogP contribution in [0, 0.1) is 5.41 Å². The van der Waals surface area contributed by atoms with Crippen LogP contribution < -0.4 is 5.73 Å². The lowest BCUT2D eigenvalue weighted by Crippen LogP contribution is -2.55. The summed E-state index contributed by atoms with van der Waals surface area (Å²) < 4.78 is 0. The summed E-state index contributed by atoms with van der Waals surface area (Å²) in [5.74, 6) is 0. The first-order chi connectivity index (χ1) is 6.88. The number of nitrogens with zero attached hydrogens (tertiary/aromatic N) is 1. The highest BCUT2D eigenvalue weighted by Crippen LogP contribution is 2.33. The van der Waals surface area contributed by atoms with E-state index in [0.717, 1.165) is 6.04 Å². The van der Waals surface area contributed by atoms with E-state index in [0.29, 0.717) is 6.04 Å². The van der Waals surface area contributed by atoms with E-state index in [-0.39, 0.29) is 11.5 Å². The smallest absolute Gasteiger partial charge is 0.0295 e. The average Bonchev–Trinajstić information content (AvgIpc) is 2.48. The Morgan fingerprint density at radius 1 is 1.40 bits per heavy atom. The molecule has 1 rings (SSSR count). The molecule has 0 aromatic carbocycles. The normalized spacial score (nSPS) is 28.0. The maximum Gasteiger partial charge on any atom is 0.0295 e. The van der Waals surface area contributed by atoms with Crippen LogP contribution in [0.5, 0.6) is 0 Å². The van der Waals surface area contributed by atoms with Gasteiger partial charge in [0.15, 0.2) is 0 Å². The van der Waals surface area contributed by atoms with Gasteiger partial charge in [-0.3, -0.25) is 4.90 Å². The molecule has 1 aliphatic rings.